The molecule has 0 aliphatic carbocycles. The van der Waals surface area contributed by atoms with Crippen molar-refractivity contribution in [2.75, 3.05) is 13.7 Å². The maximum absolute atomic E-state index is 12.3. The summed E-state index contributed by atoms with van der Waals surface area (Å²) in [7, 11) is 1.61. The van der Waals surface area contributed by atoms with Crippen molar-refractivity contribution in [3.8, 4) is 22.9 Å². The molecule has 0 N–H and O–H groups in total. The van der Waals surface area contributed by atoms with Gasteiger partial charge in [-0.3, -0.25) is 0 Å². The molecule has 0 unspecified atom stereocenters. The highest BCUT2D eigenvalue weighted by atomic mass is 32.2. The molecule has 29 heavy (non-hydrogen) atoms. The second-order valence-corrected chi connectivity index (χ2v) is 7.03. The van der Waals surface area contributed by atoms with Crippen LogP contribution in [0.25, 0.3) is 11.4 Å². The summed E-state index contributed by atoms with van der Waals surface area (Å²) in [4.78, 5) is 0. The summed E-state index contributed by atoms with van der Waals surface area (Å²) < 4.78 is 49.2. The van der Waals surface area contributed by atoms with Crippen molar-refractivity contribution in [2.45, 2.75) is 30.6 Å². The third-order valence-electron chi connectivity index (χ3n) is 4.05. The van der Waals surface area contributed by atoms with Crippen molar-refractivity contribution in [2.24, 2.45) is 0 Å². The Morgan fingerprint density at radius 2 is 1.86 bits per heavy atom. The van der Waals surface area contributed by atoms with E-state index in [1.165, 1.54) is 17.8 Å². The fourth-order valence-electron chi connectivity index (χ4n) is 2.75. The molecular formula is C20H20F3N3O2S. The zero-order valence-electron chi connectivity index (χ0n) is 15.9. The number of thioether (sulfide) groups is 1. The predicted molar refractivity (Wildman–Crippen MR) is 105 cm³/mol. The Morgan fingerprint density at radius 1 is 1.07 bits per heavy atom. The highest BCUT2D eigenvalue weighted by molar-refractivity contribution is 7.98. The van der Waals surface area contributed by atoms with Gasteiger partial charge in [-0.2, -0.15) is 13.2 Å². The molecule has 0 bridgehead atoms. The number of nitrogens with zero attached hydrogens (tertiary/aromatic N) is 3. The monoisotopic (exact) mass is 423 g/mol. The normalized spacial score (nSPS) is 11.5. The molecule has 0 saturated carbocycles. The summed E-state index contributed by atoms with van der Waals surface area (Å²) in [6.07, 6.45) is -4.36. The zero-order valence-corrected chi connectivity index (χ0v) is 16.8. The molecule has 0 radical (unpaired) electrons. The number of hydrogen-bond acceptors (Lipinski definition) is 5. The first-order chi connectivity index (χ1) is 13.9. The number of para-hydroxylation sites is 1. The lowest BCUT2D eigenvalue weighted by molar-refractivity contribution is -0.153. The lowest BCUT2D eigenvalue weighted by atomic mass is 10.2. The van der Waals surface area contributed by atoms with Crippen LogP contribution in [0.4, 0.5) is 13.2 Å². The van der Waals surface area contributed by atoms with E-state index in [0.717, 1.165) is 16.3 Å². The van der Waals surface area contributed by atoms with Crippen LogP contribution in [-0.4, -0.2) is 34.7 Å². The van der Waals surface area contributed by atoms with Crippen LogP contribution in [0.2, 0.25) is 0 Å². The maximum atomic E-state index is 12.3. The van der Waals surface area contributed by atoms with Crippen LogP contribution in [-0.2, 0) is 12.3 Å². The molecule has 2 aromatic carbocycles. The number of benzene rings is 2. The first-order valence-electron chi connectivity index (χ1n) is 8.89. The molecule has 0 aliphatic rings. The van der Waals surface area contributed by atoms with E-state index in [9.17, 15) is 13.2 Å². The van der Waals surface area contributed by atoms with Gasteiger partial charge in [-0.1, -0.05) is 36.0 Å². The minimum Gasteiger partial charge on any atom is -0.496 e. The molecule has 1 aromatic heterocycles. The number of ether oxygens (including phenoxy) is 2. The lowest BCUT2D eigenvalue weighted by Crippen LogP contribution is -2.19. The maximum Gasteiger partial charge on any atom is 0.422 e. The van der Waals surface area contributed by atoms with E-state index in [1.807, 2.05) is 41.8 Å². The Labute approximate surface area is 170 Å². The van der Waals surface area contributed by atoms with Gasteiger partial charge in [-0.25, -0.2) is 0 Å². The van der Waals surface area contributed by atoms with E-state index in [4.69, 9.17) is 9.47 Å². The number of methoxy groups -OCH3 is 1. The molecule has 0 atom stereocenters. The highest BCUT2D eigenvalue weighted by Gasteiger charge is 2.28. The van der Waals surface area contributed by atoms with Crippen LogP contribution in [0.5, 0.6) is 11.5 Å². The zero-order chi connectivity index (χ0) is 20.9. The minimum absolute atomic E-state index is 0.187. The number of aromatic nitrogens is 3. The van der Waals surface area contributed by atoms with Crippen LogP contribution in [0, 0.1) is 0 Å². The second kappa shape index (κ2) is 9.21. The first-order valence-corrected chi connectivity index (χ1v) is 9.87. The molecule has 0 fully saturated rings. The van der Waals surface area contributed by atoms with E-state index in [-0.39, 0.29) is 5.75 Å². The topological polar surface area (TPSA) is 49.2 Å². The Balaban J connectivity index is 1.74. The van der Waals surface area contributed by atoms with Crippen molar-refractivity contribution in [3.63, 3.8) is 0 Å². The van der Waals surface area contributed by atoms with Gasteiger partial charge in [-0.15, -0.1) is 10.2 Å². The fraction of sp³-hybridized carbons (Fsp3) is 0.300. The minimum atomic E-state index is -4.36. The molecule has 3 rings (SSSR count). The van der Waals surface area contributed by atoms with Gasteiger partial charge in [0.1, 0.15) is 11.5 Å². The molecular weight excluding hydrogens is 403 g/mol. The Kier molecular flexibility index (Phi) is 6.68. The molecule has 0 spiro atoms. The van der Waals surface area contributed by atoms with E-state index in [0.29, 0.717) is 23.9 Å². The first kappa shape index (κ1) is 21.0. The standard InChI is InChI=1S/C20H20F3N3O2S/c1-3-26-18(16-9-4-5-10-17(16)27-2)24-25-19(26)29-12-14-7-6-8-15(11-14)28-13-20(21,22)23/h4-11H,3,12-13H2,1-2H3. The van der Waals surface area contributed by atoms with E-state index in [1.54, 1.807) is 19.2 Å². The SMILES string of the molecule is CCn1c(SCc2cccc(OCC(F)(F)F)c2)nnc1-c1ccccc1OC. The van der Waals surface area contributed by atoms with Crippen LogP contribution >= 0.6 is 11.8 Å². The molecule has 0 saturated heterocycles. The Hall–Kier alpha value is -2.68. The van der Waals surface area contributed by atoms with Crippen LogP contribution in [0.1, 0.15) is 12.5 Å². The van der Waals surface area contributed by atoms with Crippen molar-refractivity contribution in [3.05, 3.63) is 54.1 Å². The van der Waals surface area contributed by atoms with Crippen LogP contribution < -0.4 is 9.47 Å². The van der Waals surface area contributed by atoms with Gasteiger partial charge in [-0.05, 0) is 36.8 Å². The summed E-state index contributed by atoms with van der Waals surface area (Å²) in [5, 5.41) is 9.32. The molecule has 154 valence electrons. The van der Waals surface area contributed by atoms with Gasteiger partial charge in [0.15, 0.2) is 17.6 Å². The number of rotatable bonds is 8. The second-order valence-electron chi connectivity index (χ2n) is 6.09. The van der Waals surface area contributed by atoms with Gasteiger partial charge in [0.05, 0.1) is 12.7 Å². The van der Waals surface area contributed by atoms with Gasteiger partial charge in [0.25, 0.3) is 0 Å². The summed E-state index contributed by atoms with van der Waals surface area (Å²) in [5.74, 6) is 2.12. The molecule has 5 nitrogen and oxygen atoms in total. The smallest absolute Gasteiger partial charge is 0.422 e. The van der Waals surface area contributed by atoms with Gasteiger partial charge in [0.2, 0.25) is 0 Å². The summed E-state index contributed by atoms with van der Waals surface area (Å²) in [5.41, 5.74) is 1.68. The van der Waals surface area contributed by atoms with Crippen molar-refractivity contribution >= 4 is 11.8 Å². The lowest BCUT2D eigenvalue weighted by Gasteiger charge is -2.11. The van der Waals surface area contributed by atoms with Crippen molar-refractivity contribution in [1.82, 2.24) is 14.8 Å². The summed E-state index contributed by atoms with van der Waals surface area (Å²) in [6.45, 7) is 1.35. The van der Waals surface area contributed by atoms with E-state index >= 15 is 0 Å². The average molecular weight is 423 g/mol. The van der Waals surface area contributed by atoms with Crippen molar-refractivity contribution in [1.29, 1.82) is 0 Å². The van der Waals surface area contributed by atoms with Gasteiger partial charge in [0, 0.05) is 12.3 Å². The molecule has 0 aliphatic heterocycles. The summed E-state index contributed by atoms with van der Waals surface area (Å²) in [6, 6.07) is 14.2. The molecule has 1 heterocycles. The predicted octanol–water partition coefficient (Wildman–Crippen LogP) is 5.21. The molecule has 0 amide bonds. The third kappa shape index (κ3) is 5.44. The number of hydrogen-bond donors (Lipinski definition) is 0. The molecule has 9 heteroatoms. The highest BCUT2D eigenvalue weighted by Crippen LogP contribution is 2.32. The number of alkyl halides is 3. The van der Waals surface area contributed by atoms with E-state index in [2.05, 4.69) is 10.2 Å². The third-order valence-corrected chi connectivity index (χ3v) is 5.09. The summed E-state index contributed by atoms with van der Waals surface area (Å²) >= 11 is 1.46. The number of halogens is 3. The van der Waals surface area contributed by atoms with Gasteiger partial charge >= 0.3 is 6.18 Å². The van der Waals surface area contributed by atoms with E-state index < -0.39 is 12.8 Å². The quantitative estimate of drug-likeness (QED) is 0.466. The van der Waals surface area contributed by atoms with Crippen LogP contribution in [0.3, 0.4) is 0 Å². The van der Waals surface area contributed by atoms with Crippen molar-refractivity contribution < 1.29 is 22.6 Å². The Bertz CT molecular complexity index is 960. The van der Waals surface area contributed by atoms with Gasteiger partial charge < -0.3 is 14.0 Å². The molecule has 3 aromatic rings. The fourth-order valence-corrected chi connectivity index (χ4v) is 3.69. The van der Waals surface area contributed by atoms with Crippen LogP contribution in [0.15, 0.2) is 53.7 Å². The Morgan fingerprint density at radius 3 is 2.59 bits per heavy atom. The largest absolute Gasteiger partial charge is 0.496 e. The average Bonchev–Trinajstić information content (AvgIpc) is 3.13.